The molecule has 1 amide bonds. The van der Waals surface area contributed by atoms with Gasteiger partial charge >= 0.3 is 0 Å². The number of pyridine rings is 1. The minimum atomic E-state index is 0.00976. The van der Waals surface area contributed by atoms with Gasteiger partial charge in [-0.1, -0.05) is 12.8 Å². The SMILES string of the molecule is CCN(Cc1ccncc1)C(=O)C1CCCCC1N. The smallest absolute Gasteiger partial charge is 0.227 e. The number of aromatic nitrogens is 1. The van der Waals surface area contributed by atoms with E-state index < -0.39 is 0 Å². The summed E-state index contributed by atoms with van der Waals surface area (Å²) in [7, 11) is 0. The van der Waals surface area contributed by atoms with Crippen LogP contribution in [0.1, 0.15) is 38.2 Å². The lowest BCUT2D eigenvalue weighted by Crippen LogP contribution is -2.45. The van der Waals surface area contributed by atoms with Crippen LogP contribution in [0.5, 0.6) is 0 Å². The molecule has 2 atom stereocenters. The maximum atomic E-state index is 12.6. The fourth-order valence-corrected chi connectivity index (χ4v) is 2.75. The van der Waals surface area contributed by atoms with Crippen LogP contribution >= 0.6 is 0 Å². The van der Waals surface area contributed by atoms with E-state index in [0.717, 1.165) is 37.8 Å². The second-order valence-electron chi connectivity index (χ2n) is 5.26. The van der Waals surface area contributed by atoms with Gasteiger partial charge in [0, 0.05) is 31.5 Å². The second-order valence-corrected chi connectivity index (χ2v) is 5.26. The molecule has 0 saturated heterocycles. The normalized spacial score (nSPS) is 23.1. The van der Waals surface area contributed by atoms with Gasteiger partial charge in [-0.2, -0.15) is 0 Å². The number of rotatable bonds is 4. The highest BCUT2D eigenvalue weighted by molar-refractivity contribution is 5.79. The predicted molar refractivity (Wildman–Crippen MR) is 75.3 cm³/mol. The molecule has 0 radical (unpaired) electrons. The number of nitrogens with zero attached hydrogens (tertiary/aromatic N) is 2. The van der Waals surface area contributed by atoms with Crippen molar-refractivity contribution in [2.24, 2.45) is 11.7 Å². The summed E-state index contributed by atoms with van der Waals surface area (Å²) in [5, 5.41) is 0. The summed E-state index contributed by atoms with van der Waals surface area (Å²) in [5.41, 5.74) is 7.23. The van der Waals surface area contributed by atoms with Crippen molar-refractivity contribution < 1.29 is 4.79 Å². The van der Waals surface area contributed by atoms with Gasteiger partial charge in [-0.15, -0.1) is 0 Å². The highest BCUT2D eigenvalue weighted by Gasteiger charge is 2.30. The molecule has 1 aliphatic carbocycles. The molecule has 1 heterocycles. The summed E-state index contributed by atoms with van der Waals surface area (Å²) in [5.74, 6) is 0.224. The van der Waals surface area contributed by atoms with Gasteiger partial charge in [0.25, 0.3) is 0 Å². The van der Waals surface area contributed by atoms with E-state index in [1.807, 2.05) is 24.0 Å². The minimum Gasteiger partial charge on any atom is -0.338 e. The average Bonchev–Trinajstić information content (AvgIpc) is 2.46. The highest BCUT2D eigenvalue weighted by Crippen LogP contribution is 2.25. The van der Waals surface area contributed by atoms with Crippen LogP contribution in [-0.4, -0.2) is 28.4 Å². The average molecular weight is 261 g/mol. The van der Waals surface area contributed by atoms with Crippen LogP contribution in [0.2, 0.25) is 0 Å². The number of nitrogens with two attached hydrogens (primary N) is 1. The van der Waals surface area contributed by atoms with Crippen LogP contribution in [0.15, 0.2) is 24.5 Å². The molecule has 19 heavy (non-hydrogen) atoms. The van der Waals surface area contributed by atoms with Gasteiger partial charge in [-0.05, 0) is 37.5 Å². The number of hydrogen-bond donors (Lipinski definition) is 1. The molecule has 2 N–H and O–H groups in total. The third-order valence-electron chi connectivity index (χ3n) is 3.95. The second kappa shape index (κ2) is 6.66. The van der Waals surface area contributed by atoms with Crippen LogP contribution in [0.25, 0.3) is 0 Å². The maximum Gasteiger partial charge on any atom is 0.227 e. The summed E-state index contributed by atoms with van der Waals surface area (Å²) in [6.07, 6.45) is 7.72. The molecule has 2 rings (SSSR count). The molecule has 4 heteroatoms. The van der Waals surface area contributed by atoms with Crippen LogP contribution in [-0.2, 0) is 11.3 Å². The Hall–Kier alpha value is -1.42. The summed E-state index contributed by atoms with van der Waals surface area (Å²) < 4.78 is 0. The zero-order chi connectivity index (χ0) is 13.7. The standard InChI is InChI=1S/C15H23N3O/c1-2-18(11-12-7-9-17-10-8-12)15(19)13-5-3-4-6-14(13)16/h7-10,13-14H,2-6,11,16H2,1H3. The third kappa shape index (κ3) is 3.53. The summed E-state index contributed by atoms with van der Waals surface area (Å²) >= 11 is 0. The topological polar surface area (TPSA) is 59.2 Å². The third-order valence-corrected chi connectivity index (χ3v) is 3.95. The molecule has 1 aromatic heterocycles. The van der Waals surface area contributed by atoms with E-state index in [4.69, 9.17) is 5.73 Å². The molecule has 2 unspecified atom stereocenters. The Labute approximate surface area is 115 Å². The van der Waals surface area contributed by atoms with E-state index in [-0.39, 0.29) is 17.9 Å². The van der Waals surface area contributed by atoms with Crippen LogP contribution in [0.3, 0.4) is 0 Å². The largest absolute Gasteiger partial charge is 0.338 e. The zero-order valence-corrected chi connectivity index (χ0v) is 11.6. The first-order chi connectivity index (χ1) is 9.22. The number of carbonyl (C=O) groups is 1. The van der Waals surface area contributed by atoms with Crippen LogP contribution < -0.4 is 5.73 Å². The number of carbonyl (C=O) groups excluding carboxylic acids is 1. The molecule has 0 aromatic carbocycles. The minimum absolute atomic E-state index is 0.00976. The van der Waals surface area contributed by atoms with Crippen molar-refractivity contribution in [3.05, 3.63) is 30.1 Å². The van der Waals surface area contributed by atoms with Crippen molar-refractivity contribution in [1.82, 2.24) is 9.88 Å². The maximum absolute atomic E-state index is 12.6. The molecule has 4 nitrogen and oxygen atoms in total. The lowest BCUT2D eigenvalue weighted by molar-refractivity contribution is -0.137. The predicted octanol–water partition coefficient (Wildman–Crippen LogP) is 1.95. The molecule has 104 valence electrons. The van der Waals surface area contributed by atoms with Crippen molar-refractivity contribution in [2.45, 2.75) is 45.2 Å². The molecule has 1 fully saturated rings. The fourth-order valence-electron chi connectivity index (χ4n) is 2.75. The highest BCUT2D eigenvalue weighted by atomic mass is 16.2. The van der Waals surface area contributed by atoms with Gasteiger partial charge in [0.05, 0.1) is 5.92 Å². The van der Waals surface area contributed by atoms with Crippen LogP contribution in [0.4, 0.5) is 0 Å². The van der Waals surface area contributed by atoms with Gasteiger partial charge in [0.15, 0.2) is 0 Å². The first-order valence-electron chi connectivity index (χ1n) is 7.15. The molecule has 0 bridgehead atoms. The number of amides is 1. The Morgan fingerprint density at radius 3 is 2.68 bits per heavy atom. The lowest BCUT2D eigenvalue weighted by atomic mass is 9.84. The zero-order valence-electron chi connectivity index (χ0n) is 11.6. The number of hydrogen-bond acceptors (Lipinski definition) is 3. The van der Waals surface area contributed by atoms with E-state index in [1.165, 1.54) is 0 Å². The molecule has 0 aliphatic heterocycles. The van der Waals surface area contributed by atoms with Gasteiger partial charge in [0.2, 0.25) is 5.91 Å². The van der Waals surface area contributed by atoms with Gasteiger partial charge in [-0.25, -0.2) is 0 Å². The Bertz CT molecular complexity index is 407. The first-order valence-corrected chi connectivity index (χ1v) is 7.15. The van der Waals surface area contributed by atoms with E-state index in [1.54, 1.807) is 12.4 Å². The van der Waals surface area contributed by atoms with Crippen LogP contribution in [0, 0.1) is 5.92 Å². The molecule has 1 aromatic rings. The monoisotopic (exact) mass is 261 g/mol. The van der Waals surface area contributed by atoms with Crippen molar-refractivity contribution in [3.8, 4) is 0 Å². The van der Waals surface area contributed by atoms with E-state index >= 15 is 0 Å². The quantitative estimate of drug-likeness (QED) is 0.901. The molecular weight excluding hydrogens is 238 g/mol. The Morgan fingerprint density at radius 2 is 2.05 bits per heavy atom. The molecule has 0 spiro atoms. The summed E-state index contributed by atoms with van der Waals surface area (Å²) in [4.78, 5) is 18.5. The van der Waals surface area contributed by atoms with Crippen molar-refractivity contribution >= 4 is 5.91 Å². The summed E-state index contributed by atoms with van der Waals surface area (Å²) in [6, 6.07) is 3.95. The molecule has 1 aliphatic rings. The van der Waals surface area contributed by atoms with Crippen molar-refractivity contribution in [1.29, 1.82) is 0 Å². The van der Waals surface area contributed by atoms with Gasteiger partial charge in [0.1, 0.15) is 0 Å². The lowest BCUT2D eigenvalue weighted by Gasteiger charge is -2.32. The van der Waals surface area contributed by atoms with Crippen molar-refractivity contribution in [3.63, 3.8) is 0 Å². The van der Waals surface area contributed by atoms with E-state index in [9.17, 15) is 4.79 Å². The van der Waals surface area contributed by atoms with E-state index in [2.05, 4.69) is 4.98 Å². The van der Waals surface area contributed by atoms with Crippen molar-refractivity contribution in [2.75, 3.05) is 6.54 Å². The Kier molecular flexibility index (Phi) is 4.91. The summed E-state index contributed by atoms with van der Waals surface area (Å²) in [6.45, 7) is 3.40. The first kappa shape index (κ1) is 14.0. The fraction of sp³-hybridized carbons (Fsp3) is 0.600. The Balaban J connectivity index is 2.02. The Morgan fingerprint density at radius 1 is 1.37 bits per heavy atom. The van der Waals surface area contributed by atoms with Gasteiger partial charge in [-0.3, -0.25) is 9.78 Å². The molecule has 1 saturated carbocycles. The van der Waals surface area contributed by atoms with E-state index in [0.29, 0.717) is 6.54 Å². The van der Waals surface area contributed by atoms with Gasteiger partial charge < -0.3 is 10.6 Å². The molecular formula is C15H23N3O.